The summed E-state index contributed by atoms with van der Waals surface area (Å²) in [6, 6.07) is 19.4. The van der Waals surface area contributed by atoms with E-state index in [4.69, 9.17) is 5.10 Å². The predicted octanol–water partition coefficient (Wildman–Crippen LogP) is 3.97. The first-order valence-electron chi connectivity index (χ1n) is 10.1. The molecule has 0 radical (unpaired) electrons. The van der Waals surface area contributed by atoms with Crippen molar-refractivity contribution in [3.8, 4) is 17.1 Å². The van der Waals surface area contributed by atoms with Crippen molar-refractivity contribution in [2.45, 2.75) is 13.0 Å². The second kappa shape index (κ2) is 7.99. The van der Waals surface area contributed by atoms with E-state index >= 15 is 0 Å². The Hall–Kier alpha value is -4.46. The van der Waals surface area contributed by atoms with Gasteiger partial charge in [0.2, 0.25) is 5.95 Å². The molecule has 4 aromatic rings. The third-order valence-corrected chi connectivity index (χ3v) is 5.26. The molecule has 2 aromatic heterocycles. The van der Waals surface area contributed by atoms with Gasteiger partial charge in [-0.2, -0.15) is 4.98 Å². The van der Waals surface area contributed by atoms with Crippen molar-refractivity contribution in [1.29, 1.82) is 0 Å². The summed E-state index contributed by atoms with van der Waals surface area (Å²) >= 11 is 0. The Kier molecular flexibility index (Phi) is 4.87. The van der Waals surface area contributed by atoms with Crippen molar-refractivity contribution in [2.24, 2.45) is 0 Å². The van der Waals surface area contributed by atoms with E-state index < -0.39 is 6.04 Å². The summed E-state index contributed by atoms with van der Waals surface area (Å²) < 4.78 is 1.71. The molecule has 32 heavy (non-hydrogen) atoms. The second-order valence-electron chi connectivity index (χ2n) is 7.42. The van der Waals surface area contributed by atoms with Crippen LogP contribution in [0.4, 0.5) is 11.6 Å². The number of amides is 1. The first-order chi connectivity index (χ1) is 15.6. The van der Waals surface area contributed by atoms with Crippen molar-refractivity contribution in [1.82, 2.24) is 19.7 Å². The molecule has 1 unspecified atom stereocenters. The summed E-state index contributed by atoms with van der Waals surface area (Å²) in [5.41, 5.74) is 3.43. The number of pyridine rings is 1. The number of carbonyl (C=O) groups excluding carboxylic acids is 1. The van der Waals surface area contributed by atoms with E-state index in [-0.39, 0.29) is 11.7 Å². The van der Waals surface area contributed by atoms with Gasteiger partial charge in [0.05, 0.1) is 17.5 Å². The van der Waals surface area contributed by atoms with Crippen LogP contribution in [0, 0.1) is 0 Å². The quantitative estimate of drug-likeness (QED) is 0.458. The maximum atomic E-state index is 13.4. The molecule has 5 rings (SSSR count). The van der Waals surface area contributed by atoms with E-state index in [1.807, 2.05) is 37.3 Å². The number of nitrogens with zero attached hydrogens (tertiary/aromatic N) is 4. The molecule has 2 aromatic carbocycles. The Morgan fingerprint density at radius 2 is 1.84 bits per heavy atom. The molecule has 1 amide bonds. The molecular weight excluding hydrogens is 404 g/mol. The fraction of sp³-hybridized carbons (Fsp3) is 0.0833. The zero-order chi connectivity index (χ0) is 22.1. The normalized spacial score (nSPS) is 15.1. The van der Waals surface area contributed by atoms with Gasteiger partial charge in [0, 0.05) is 17.5 Å². The maximum absolute atomic E-state index is 13.4. The highest BCUT2D eigenvalue weighted by atomic mass is 16.3. The summed E-state index contributed by atoms with van der Waals surface area (Å²) in [4.78, 5) is 22.1. The van der Waals surface area contributed by atoms with Gasteiger partial charge < -0.3 is 15.7 Å². The molecule has 1 aliphatic rings. The average Bonchev–Trinajstić information content (AvgIpc) is 3.23. The molecule has 0 bridgehead atoms. The molecular formula is C24H20N6O2. The molecule has 8 heteroatoms. The third kappa shape index (κ3) is 3.58. The number of aromatic hydroxyl groups is 1. The van der Waals surface area contributed by atoms with Crippen LogP contribution in [-0.4, -0.2) is 30.8 Å². The molecule has 0 fully saturated rings. The van der Waals surface area contributed by atoms with Crippen LogP contribution in [0.15, 0.2) is 90.4 Å². The summed E-state index contributed by atoms with van der Waals surface area (Å²) in [5, 5.41) is 20.6. The summed E-state index contributed by atoms with van der Waals surface area (Å²) in [7, 11) is 0. The van der Waals surface area contributed by atoms with Gasteiger partial charge in [-0.25, -0.2) is 4.68 Å². The number of aromatic nitrogens is 4. The van der Waals surface area contributed by atoms with Gasteiger partial charge >= 0.3 is 0 Å². The Bertz CT molecular complexity index is 1300. The first-order valence-corrected chi connectivity index (χ1v) is 10.1. The molecule has 3 heterocycles. The number of phenols is 1. The minimum atomic E-state index is -0.534. The van der Waals surface area contributed by atoms with Crippen LogP contribution in [0.3, 0.4) is 0 Å². The lowest BCUT2D eigenvalue weighted by Gasteiger charge is -2.28. The van der Waals surface area contributed by atoms with Crippen LogP contribution < -0.4 is 10.6 Å². The number of rotatable bonds is 4. The fourth-order valence-corrected chi connectivity index (χ4v) is 3.75. The van der Waals surface area contributed by atoms with Crippen molar-refractivity contribution in [3.05, 3.63) is 96.0 Å². The zero-order valence-electron chi connectivity index (χ0n) is 17.2. The van der Waals surface area contributed by atoms with Gasteiger partial charge in [-0.1, -0.05) is 42.5 Å². The third-order valence-electron chi connectivity index (χ3n) is 5.26. The van der Waals surface area contributed by atoms with E-state index in [0.29, 0.717) is 28.7 Å². The lowest BCUT2D eigenvalue weighted by molar-refractivity contribution is -0.113. The average molecular weight is 424 g/mol. The zero-order valence-corrected chi connectivity index (χ0v) is 17.2. The lowest BCUT2D eigenvalue weighted by atomic mass is 9.95. The van der Waals surface area contributed by atoms with Gasteiger partial charge in [-0.05, 0) is 36.8 Å². The van der Waals surface area contributed by atoms with Crippen LogP contribution in [0.5, 0.6) is 5.75 Å². The summed E-state index contributed by atoms with van der Waals surface area (Å²) in [5.74, 6) is 0.966. The topological polar surface area (TPSA) is 105 Å². The standard InChI is InChI=1S/C24H20N6O2/c1-15-20(23(32)27-18-8-5-13-25-14-18)21(16-9-11-19(31)12-10-16)30-24(26-15)28-22(29-30)17-6-3-2-4-7-17/h2-14,21,31H,1H3,(H,27,32)(H,26,28,29). The molecule has 0 saturated heterocycles. The van der Waals surface area contributed by atoms with Crippen LogP contribution >= 0.6 is 0 Å². The maximum Gasteiger partial charge on any atom is 0.255 e. The Morgan fingerprint density at radius 3 is 2.56 bits per heavy atom. The molecule has 1 aliphatic heterocycles. The van der Waals surface area contributed by atoms with Gasteiger partial charge in [-0.3, -0.25) is 9.78 Å². The van der Waals surface area contributed by atoms with Crippen LogP contribution in [0.25, 0.3) is 11.4 Å². The van der Waals surface area contributed by atoms with Crippen LogP contribution in [-0.2, 0) is 4.79 Å². The number of phenolic OH excluding ortho intramolecular Hbond substituents is 1. The Morgan fingerprint density at radius 1 is 1.06 bits per heavy atom. The predicted molar refractivity (Wildman–Crippen MR) is 121 cm³/mol. The van der Waals surface area contributed by atoms with E-state index in [9.17, 15) is 9.90 Å². The first kappa shape index (κ1) is 19.5. The second-order valence-corrected chi connectivity index (χ2v) is 7.42. The molecule has 0 saturated carbocycles. The number of hydrogen-bond acceptors (Lipinski definition) is 6. The molecule has 0 aliphatic carbocycles. The van der Waals surface area contributed by atoms with Gasteiger partial charge in [0.15, 0.2) is 5.82 Å². The monoisotopic (exact) mass is 424 g/mol. The number of hydrogen-bond donors (Lipinski definition) is 3. The van der Waals surface area contributed by atoms with Gasteiger partial charge in [0.25, 0.3) is 5.91 Å². The van der Waals surface area contributed by atoms with E-state index in [1.54, 1.807) is 53.5 Å². The highest BCUT2D eigenvalue weighted by molar-refractivity contribution is 6.05. The number of fused-ring (bicyclic) bond motifs is 1. The summed E-state index contributed by atoms with van der Waals surface area (Å²) in [6.07, 6.45) is 3.24. The Balaban J connectivity index is 1.60. The number of nitrogens with one attached hydrogen (secondary N) is 2. The number of benzene rings is 2. The van der Waals surface area contributed by atoms with Gasteiger partial charge in [-0.15, -0.1) is 5.10 Å². The number of anilines is 2. The van der Waals surface area contributed by atoms with Crippen molar-refractivity contribution >= 4 is 17.5 Å². The SMILES string of the molecule is CC1=C(C(=O)Nc2cccnc2)C(c2ccc(O)cc2)n2nc(-c3ccccc3)nc2N1. The smallest absolute Gasteiger partial charge is 0.255 e. The van der Waals surface area contributed by atoms with Crippen molar-refractivity contribution < 1.29 is 9.90 Å². The van der Waals surface area contributed by atoms with Crippen LogP contribution in [0.1, 0.15) is 18.5 Å². The fourth-order valence-electron chi connectivity index (χ4n) is 3.75. The summed E-state index contributed by atoms with van der Waals surface area (Å²) in [6.45, 7) is 1.84. The van der Waals surface area contributed by atoms with E-state index in [0.717, 1.165) is 11.1 Å². The minimum Gasteiger partial charge on any atom is -0.508 e. The molecule has 1 atom stereocenters. The molecule has 8 nitrogen and oxygen atoms in total. The minimum absolute atomic E-state index is 0.147. The Labute approximate surface area is 184 Å². The molecule has 3 N–H and O–H groups in total. The number of carbonyl (C=O) groups is 1. The molecule has 158 valence electrons. The number of allylic oxidation sites excluding steroid dienone is 1. The van der Waals surface area contributed by atoms with E-state index in [2.05, 4.69) is 20.6 Å². The highest BCUT2D eigenvalue weighted by Gasteiger charge is 2.34. The van der Waals surface area contributed by atoms with E-state index in [1.165, 1.54) is 0 Å². The van der Waals surface area contributed by atoms with Gasteiger partial charge in [0.1, 0.15) is 11.8 Å². The highest BCUT2D eigenvalue weighted by Crippen LogP contribution is 2.37. The lowest BCUT2D eigenvalue weighted by Crippen LogP contribution is -2.31. The van der Waals surface area contributed by atoms with Crippen LogP contribution in [0.2, 0.25) is 0 Å². The van der Waals surface area contributed by atoms with Crippen molar-refractivity contribution in [3.63, 3.8) is 0 Å². The van der Waals surface area contributed by atoms with Crippen molar-refractivity contribution in [2.75, 3.05) is 10.6 Å². The largest absolute Gasteiger partial charge is 0.508 e. The molecule has 0 spiro atoms.